The number of halogens is 2. The fraction of sp³-hybridized carbons (Fsp3) is 0.500. The van der Waals surface area contributed by atoms with Gasteiger partial charge in [0.25, 0.3) is 0 Å². The first-order valence-corrected chi connectivity index (χ1v) is 9.67. The van der Waals surface area contributed by atoms with Crippen LogP contribution in [0.25, 0.3) is 0 Å². The van der Waals surface area contributed by atoms with Gasteiger partial charge in [-0.05, 0) is 43.4 Å². The molecule has 2 heterocycles. The molecule has 0 radical (unpaired) electrons. The smallest absolute Gasteiger partial charge is 0.346 e. The van der Waals surface area contributed by atoms with Gasteiger partial charge in [-0.15, -0.1) is 0 Å². The number of fused-ring (bicyclic) bond motifs is 1. The largest absolute Gasteiger partial charge is 0.354 e. The van der Waals surface area contributed by atoms with Crippen molar-refractivity contribution in [1.82, 2.24) is 19.7 Å². The first-order valence-electron chi connectivity index (χ1n) is 8.92. The predicted molar refractivity (Wildman–Crippen MR) is 102 cm³/mol. The van der Waals surface area contributed by atoms with Gasteiger partial charge in [-0.3, -0.25) is 9.36 Å². The van der Waals surface area contributed by atoms with Crippen molar-refractivity contribution in [3.05, 3.63) is 50.1 Å². The van der Waals surface area contributed by atoms with E-state index in [-0.39, 0.29) is 18.1 Å². The summed E-state index contributed by atoms with van der Waals surface area (Å²) in [6, 6.07) is 5.53. The molecule has 0 bridgehead atoms. The lowest BCUT2D eigenvalue weighted by atomic mass is 10.1. The monoisotopic (exact) mass is 396 g/mol. The zero-order valence-electron chi connectivity index (χ0n) is 14.5. The maximum atomic E-state index is 12.3. The fourth-order valence-electron chi connectivity index (χ4n) is 3.14. The second kappa shape index (κ2) is 8.73. The van der Waals surface area contributed by atoms with Gasteiger partial charge in [0, 0.05) is 19.5 Å². The Hall–Kier alpha value is -1.79. The van der Waals surface area contributed by atoms with Gasteiger partial charge >= 0.3 is 5.69 Å². The summed E-state index contributed by atoms with van der Waals surface area (Å²) in [4.78, 5) is 24.4. The first-order chi connectivity index (χ1) is 12.5. The van der Waals surface area contributed by atoms with Gasteiger partial charge in [0.1, 0.15) is 12.4 Å². The Balaban J connectivity index is 1.47. The minimum atomic E-state index is -0.200. The third-order valence-electron chi connectivity index (χ3n) is 4.52. The number of rotatable bonds is 6. The van der Waals surface area contributed by atoms with Crippen LogP contribution in [0.15, 0.2) is 23.0 Å². The van der Waals surface area contributed by atoms with Crippen LogP contribution in [-0.2, 0) is 30.7 Å². The summed E-state index contributed by atoms with van der Waals surface area (Å²) in [5.74, 6) is 0.592. The molecule has 1 N–H and O–H groups in total. The maximum absolute atomic E-state index is 12.3. The van der Waals surface area contributed by atoms with E-state index in [0.29, 0.717) is 23.1 Å². The number of aromatic nitrogens is 3. The van der Waals surface area contributed by atoms with Crippen molar-refractivity contribution in [3.63, 3.8) is 0 Å². The van der Waals surface area contributed by atoms with Crippen molar-refractivity contribution < 1.29 is 4.79 Å². The molecule has 0 unspecified atom stereocenters. The van der Waals surface area contributed by atoms with Gasteiger partial charge in [-0.25, -0.2) is 9.48 Å². The molecule has 3 rings (SSSR count). The highest BCUT2D eigenvalue weighted by Gasteiger charge is 2.17. The summed E-state index contributed by atoms with van der Waals surface area (Å²) < 4.78 is 2.97. The molecule has 0 atom stereocenters. The molecular formula is C18H22Cl2N4O2. The molecule has 0 fully saturated rings. The van der Waals surface area contributed by atoms with Gasteiger partial charge in [-0.1, -0.05) is 35.7 Å². The first kappa shape index (κ1) is 19.0. The summed E-state index contributed by atoms with van der Waals surface area (Å²) in [6.07, 6.45) is 5.50. The number of nitrogens with one attached hydrogen (secondary N) is 1. The minimum Gasteiger partial charge on any atom is -0.354 e. The lowest BCUT2D eigenvalue weighted by Crippen LogP contribution is -2.34. The molecular weight excluding hydrogens is 375 g/mol. The van der Waals surface area contributed by atoms with Gasteiger partial charge in [0.2, 0.25) is 5.91 Å². The van der Waals surface area contributed by atoms with Crippen LogP contribution in [0.3, 0.4) is 0 Å². The minimum absolute atomic E-state index is 0.0361. The molecule has 1 aliphatic heterocycles. The Morgan fingerprint density at radius 1 is 1.19 bits per heavy atom. The highest BCUT2D eigenvalue weighted by molar-refractivity contribution is 6.42. The van der Waals surface area contributed by atoms with E-state index in [2.05, 4.69) is 10.4 Å². The van der Waals surface area contributed by atoms with Crippen molar-refractivity contribution in [1.29, 1.82) is 0 Å². The van der Waals surface area contributed by atoms with E-state index in [1.54, 1.807) is 10.6 Å². The Morgan fingerprint density at radius 2 is 2.04 bits per heavy atom. The molecule has 0 saturated heterocycles. The van der Waals surface area contributed by atoms with E-state index < -0.39 is 0 Å². The normalized spacial score (nSPS) is 13.9. The second-order valence-electron chi connectivity index (χ2n) is 6.52. The standard InChI is InChI=1S/C18H22Cl2N4O2/c19-14-8-7-13(11-15(14)20)5-4-9-21-17(25)12-24-18(26)23-10-3-1-2-6-16(23)22-24/h7-8,11H,1-6,9-10,12H2,(H,21,25). The van der Waals surface area contributed by atoms with E-state index in [1.807, 2.05) is 12.1 Å². The topological polar surface area (TPSA) is 68.9 Å². The van der Waals surface area contributed by atoms with Crippen molar-refractivity contribution in [2.24, 2.45) is 0 Å². The number of carbonyl (C=O) groups excluding carboxylic acids is 1. The van der Waals surface area contributed by atoms with Crippen LogP contribution in [0.4, 0.5) is 0 Å². The molecule has 140 valence electrons. The molecule has 6 nitrogen and oxygen atoms in total. The van der Waals surface area contributed by atoms with Crippen LogP contribution in [-0.4, -0.2) is 26.8 Å². The van der Waals surface area contributed by atoms with Crippen LogP contribution in [0, 0.1) is 0 Å². The number of hydrogen-bond donors (Lipinski definition) is 1. The molecule has 1 aromatic heterocycles. The molecule has 0 aliphatic carbocycles. The third kappa shape index (κ3) is 4.68. The molecule has 26 heavy (non-hydrogen) atoms. The predicted octanol–water partition coefficient (Wildman–Crippen LogP) is 2.83. The van der Waals surface area contributed by atoms with Crippen molar-refractivity contribution in [3.8, 4) is 0 Å². The number of benzene rings is 1. The number of aryl methyl sites for hydroxylation is 2. The fourth-order valence-corrected chi connectivity index (χ4v) is 3.46. The van der Waals surface area contributed by atoms with E-state index >= 15 is 0 Å². The number of carbonyl (C=O) groups is 1. The average molecular weight is 397 g/mol. The molecule has 2 aromatic rings. The molecule has 1 amide bonds. The van der Waals surface area contributed by atoms with E-state index in [9.17, 15) is 9.59 Å². The average Bonchev–Trinajstić information content (AvgIpc) is 2.78. The molecule has 1 aromatic carbocycles. The number of nitrogens with zero attached hydrogens (tertiary/aromatic N) is 3. The van der Waals surface area contributed by atoms with E-state index in [1.165, 1.54) is 4.68 Å². The van der Waals surface area contributed by atoms with Crippen molar-refractivity contribution >= 4 is 29.1 Å². The summed E-state index contributed by atoms with van der Waals surface area (Å²) in [5.41, 5.74) is 0.885. The molecule has 0 spiro atoms. The highest BCUT2D eigenvalue weighted by atomic mass is 35.5. The molecule has 1 aliphatic rings. The summed E-state index contributed by atoms with van der Waals surface area (Å²) in [7, 11) is 0. The van der Waals surface area contributed by atoms with Crippen LogP contribution in [0.1, 0.15) is 37.1 Å². The van der Waals surface area contributed by atoms with Crippen LogP contribution >= 0.6 is 23.2 Å². The van der Waals surface area contributed by atoms with Crippen molar-refractivity contribution in [2.75, 3.05) is 6.54 Å². The number of hydrogen-bond acceptors (Lipinski definition) is 3. The second-order valence-corrected chi connectivity index (χ2v) is 7.34. The van der Waals surface area contributed by atoms with Gasteiger partial charge in [0.15, 0.2) is 0 Å². The Kier molecular flexibility index (Phi) is 6.38. The highest BCUT2D eigenvalue weighted by Crippen LogP contribution is 2.23. The SMILES string of the molecule is O=C(Cn1nc2n(c1=O)CCCCC2)NCCCc1ccc(Cl)c(Cl)c1. The van der Waals surface area contributed by atoms with Crippen LogP contribution < -0.4 is 11.0 Å². The van der Waals surface area contributed by atoms with Crippen LogP contribution in [0.5, 0.6) is 0 Å². The van der Waals surface area contributed by atoms with E-state index in [0.717, 1.165) is 49.9 Å². The lowest BCUT2D eigenvalue weighted by molar-refractivity contribution is -0.121. The summed E-state index contributed by atoms with van der Waals surface area (Å²) in [5, 5.41) is 8.23. The van der Waals surface area contributed by atoms with Gasteiger partial charge in [0.05, 0.1) is 10.0 Å². The zero-order valence-corrected chi connectivity index (χ0v) is 16.0. The maximum Gasteiger partial charge on any atom is 0.346 e. The number of amides is 1. The Labute approximate surface area is 162 Å². The summed E-state index contributed by atoms with van der Waals surface area (Å²) in [6.45, 7) is 1.19. The van der Waals surface area contributed by atoms with Crippen LogP contribution in [0.2, 0.25) is 10.0 Å². The lowest BCUT2D eigenvalue weighted by Gasteiger charge is -2.06. The van der Waals surface area contributed by atoms with Crippen molar-refractivity contribution in [2.45, 2.75) is 51.6 Å². The Morgan fingerprint density at radius 3 is 2.85 bits per heavy atom. The Bertz CT molecular complexity index is 844. The zero-order chi connectivity index (χ0) is 18.5. The summed E-state index contributed by atoms with van der Waals surface area (Å²) >= 11 is 11.9. The van der Waals surface area contributed by atoms with Gasteiger partial charge < -0.3 is 5.32 Å². The molecule has 8 heteroatoms. The van der Waals surface area contributed by atoms with Gasteiger partial charge in [-0.2, -0.15) is 5.10 Å². The third-order valence-corrected chi connectivity index (χ3v) is 5.26. The van der Waals surface area contributed by atoms with E-state index in [4.69, 9.17) is 23.2 Å². The molecule has 0 saturated carbocycles. The quantitative estimate of drug-likeness (QED) is 0.763.